The Morgan fingerprint density at radius 2 is 1.94 bits per heavy atom. The van der Waals surface area contributed by atoms with E-state index in [1.807, 2.05) is 11.8 Å². The Balaban J connectivity index is 2.58. The predicted molar refractivity (Wildman–Crippen MR) is 84.5 cm³/mol. The van der Waals surface area contributed by atoms with Crippen molar-refractivity contribution in [2.24, 2.45) is 5.41 Å². The summed E-state index contributed by atoms with van der Waals surface area (Å²) in [4.78, 5) is 2.62. The normalized spacial score (nSPS) is 21.2. The minimum absolute atomic E-state index is 0.535. The fraction of sp³-hybridized carbons (Fsp3) is 1.00. The Morgan fingerprint density at radius 1 is 1.28 bits per heavy atom. The van der Waals surface area contributed by atoms with E-state index in [4.69, 9.17) is 0 Å². The van der Waals surface area contributed by atoms with Crippen LogP contribution in [-0.2, 0) is 0 Å². The summed E-state index contributed by atoms with van der Waals surface area (Å²) >= 11 is 1.98. The van der Waals surface area contributed by atoms with Gasteiger partial charge < -0.3 is 10.2 Å². The first kappa shape index (κ1) is 16.3. The molecular formula is C15H32N2S. The fourth-order valence-electron chi connectivity index (χ4n) is 3.47. The SMILES string of the molecule is CCC(CSC)N(C)CC1(CNC)CCCCC1. The van der Waals surface area contributed by atoms with Gasteiger partial charge in [0.05, 0.1) is 0 Å². The molecule has 0 aromatic rings. The first-order chi connectivity index (χ1) is 8.67. The number of hydrogen-bond acceptors (Lipinski definition) is 3. The van der Waals surface area contributed by atoms with E-state index in [2.05, 4.69) is 37.5 Å². The predicted octanol–water partition coefficient (Wildman–Crippen LogP) is 3.23. The van der Waals surface area contributed by atoms with Gasteiger partial charge in [-0.25, -0.2) is 0 Å². The summed E-state index contributed by atoms with van der Waals surface area (Å²) in [6.07, 6.45) is 10.6. The van der Waals surface area contributed by atoms with E-state index in [9.17, 15) is 0 Å². The van der Waals surface area contributed by atoms with Gasteiger partial charge >= 0.3 is 0 Å². The first-order valence-electron chi connectivity index (χ1n) is 7.51. The third kappa shape index (κ3) is 4.75. The third-order valence-corrected chi connectivity index (χ3v) is 5.22. The van der Waals surface area contributed by atoms with Crippen LogP contribution in [0.5, 0.6) is 0 Å². The molecule has 1 N–H and O–H groups in total. The molecule has 3 heteroatoms. The number of nitrogens with one attached hydrogen (secondary N) is 1. The van der Waals surface area contributed by atoms with Crippen molar-refractivity contribution in [3.05, 3.63) is 0 Å². The van der Waals surface area contributed by atoms with Crippen LogP contribution >= 0.6 is 11.8 Å². The molecule has 0 amide bonds. The summed E-state index contributed by atoms with van der Waals surface area (Å²) in [5, 5.41) is 3.44. The van der Waals surface area contributed by atoms with Gasteiger partial charge in [0.1, 0.15) is 0 Å². The number of thioether (sulfide) groups is 1. The van der Waals surface area contributed by atoms with Gasteiger partial charge in [-0.3, -0.25) is 0 Å². The highest BCUT2D eigenvalue weighted by molar-refractivity contribution is 7.98. The maximum Gasteiger partial charge on any atom is 0.0180 e. The monoisotopic (exact) mass is 272 g/mol. The average molecular weight is 273 g/mol. The average Bonchev–Trinajstić information content (AvgIpc) is 2.37. The van der Waals surface area contributed by atoms with Gasteiger partial charge in [-0.15, -0.1) is 0 Å². The molecule has 1 aliphatic carbocycles. The summed E-state index contributed by atoms with van der Waals surface area (Å²) < 4.78 is 0. The minimum Gasteiger partial charge on any atom is -0.319 e. The Morgan fingerprint density at radius 3 is 2.44 bits per heavy atom. The van der Waals surface area contributed by atoms with Gasteiger partial charge in [0.15, 0.2) is 0 Å². The van der Waals surface area contributed by atoms with Crippen LogP contribution in [0.15, 0.2) is 0 Å². The molecule has 0 heterocycles. The van der Waals surface area contributed by atoms with E-state index >= 15 is 0 Å². The van der Waals surface area contributed by atoms with Crippen LogP contribution in [0.1, 0.15) is 45.4 Å². The Bertz CT molecular complexity index is 209. The molecule has 2 nitrogen and oxygen atoms in total. The second-order valence-electron chi connectivity index (χ2n) is 6.02. The van der Waals surface area contributed by atoms with Crippen LogP contribution < -0.4 is 5.32 Å². The number of nitrogens with zero attached hydrogens (tertiary/aromatic N) is 1. The summed E-state index contributed by atoms with van der Waals surface area (Å²) in [6, 6.07) is 0.746. The molecule has 1 fully saturated rings. The van der Waals surface area contributed by atoms with Gasteiger partial charge in [-0.1, -0.05) is 26.2 Å². The van der Waals surface area contributed by atoms with Gasteiger partial charge in [-0.05, 0) is 45.0 Å². The van der Waals surface area contributed by atoms with E-state index in [1.54, 1.807) is 0 Å². The van der Waals surface area contributed by atoms with Gasteiger partial charge in [0.2, 0.25) is 0 Å². The molecule has 1 atom stereocenters. The van der Waals surface area contributed by atoms with Crippen molar-refractivity contribution in [3.63, 3.8) is 0 Å². The largest absolute Gasteiger partial charge is 0.319 e. The lowest BCUT2D eigenvalue weighted by atomic mass is 9.73. The molecule has 0 saturated heterocycles. The van der Waals surface area contributed by atoms with E-state index < -0.39 is 0 Å². The summed E-state index contributed by atoms with van der Waals surface area (Å²) in [5.41, 5.74) is 0.535. The van der Waals surface area contributed by atoms with Crippen molar-refractivity contribution >= 4 is 11.8 Å². The zero-order chi connectivity index (χ0) is 13.4. The molecule has 0 aromatic heterocycles. The highest BCUT2D eigenvalue weighted by Crippen LogP contribution is 2.36. The quantitative estimate of drug-likeness (QED) is 0.730. The Kier molecular flexibility index (Phi) is 7.66. The maximum atomic E-state index is 3.44. The van der Waals surface area contributed by atoms with Crippen LogP contribution in [0.25, 0.3) is 0 Å². The van der Waals surface area contributed by atoms with Crippen LogP contribution in [0.4, 0.5) is 0 Å². The second-order valence-corrected chi connectivity index (χ2v) is 6.93. The number of rotatable bonds is 8. The zero-order valence-corrected chi connectivity index (χ0v) is 13.6. The van der Waals surface area contributed by atoms with Gasteiger partial charge in [0.25, 0.3) is 0 Å². The summed E-state index contributed by atoms with van der Waals surface area (Å²) in [6.45, 7) is 4.78. The molecule has 1 saturated carbocycles. The van der Waals surface area contributed by atoms with Crippen LogP contribution in [0.3, 0.4) is 0 Å². The lowest BCUT2D eigenvalue weighted by Crippen LogP contribution is -2.47. The van der Waals surface area contributed by atoms with E-state index in [-0.39, 0.29) is 0 Å². The highest BCUT2D eigenvalue weighted by Gasteiger charge is 2.33. The van der Waals surface area contributed by atoms with Gasteiger partial charge in [-0.2, -0.15) is 11.8 Å². The van der Waals surface area contributed by atoms with E-state index in [1.165, 1.54) is 57.4 Å². The molecule has 18 heavy (non-hydrogen) atoms. The molecular weight excluding hydrogens is 240 g/mol. The lowest BCUT2D eigenvalue weighted by Gasteiger charge is -2.42. The van der Waals surface area contributed by atoms with Crippen molar-refractivity contribution in [1.82, 2.24) is 10.2 Å². The molecule has 0 spiro atoms. The van der Waals surface area contributed by atoms with E-state index in [0.717, 1.165) is 6.04 Å². The third-order valence-electron chi connectivity index (χ3n) is 4.50. The standard InChI is InChI=1S/C15H32N2S/c1-5-14(11-18-4)17(3)13-15(12-16-2)9-7-6-8-10-15/h14,16H,5-13H2,1-4H3. The molecule has 1 aliphatic rings. The molecule has 0 radical (unpaired) electrons. The topological polar surface area (TPSA) is 15.3 Å². The first-order valence-corrected chi connectivity index (χ1v) is 8.90. The maximum absolute atomic E-state index is 3.44. The molecule has 1 unspecified atom stereocenters. The molecule has 0 aromatic carbocycles. The van der Waals surface area contributed by atoms with Crippen molar-refractivity contribution in [2.75, 3.05) is 39.2 Å². The van der Waals surface area contributed by atoms with Crippen LogP contribution in [0.2, 0.25) is 0 Å². The summed E-state index contributed by atoms with van der Waals surface area (Å²) in [7, 11) is 4.44. The van der Waals surface area contributed by atoms with Crippen molar-refractivity contribution < 1.29 is 0 Å². The van der Waals surface area contributed by atoms with Crippen molar-refractivity contribution in [3.8, 4) is 0 Å². The van der Waals surface area contributed by atoms with Crippen LogP contribution in [0, 0.1) is 5.41 Å². The smallest absolute Gasteiger partial charge is 0.0180 e. The Labute approximate surface area is 118 Å². The molecule has 108 valence electrons. The summed E-state index contributed by atoms with van der Waals surface area (Å²) in [5.74, 6) is 1.27. The zero-order valence-electron chi connectivity index (χ0n) is 12.8. The van der Waals surface area contributed by atoms with E-state index in [0.29, 0.717) is 5.41 Å². The van der Waals surface area contributed by atoms with Gasteiger partial charge in [0, 0.05) is 24.9 Å². The molecule has 0 bridgehead atoms. The molecule has 1 rings (SSSR count). The number of hydrogen-bond donors (Lipinski definition) is 1. The van der Waals surface area contributed by atoms with Crippen molar-refractivity contribution in [1.29, 1.82) is 0 Å². The Hall–Kier alpha value is 0.270. The van der Waals surface area contributed by atoms with Crippen LogP contribution in [-0.4, -0.2) is 50.1 Å². The fourth-order valence-corrected chi connectivity index (χ4v) is 4.35. The second kappa shape index (κ2) is 8.44. The lowest BCUT2D eigenvalue weighted by molar-refractivity contribution is 0.0990. The molecule has 0 aliphatic heterocycles. The van der Waals surface area contributed by atoms with Crippen molar-refractivity contribution in [2.45, 2.75) is 51.5 Å². The minimum atomic E-state index is 0.535. The highest BCUT2D eigenvalue weighted by atomic mass is 32.2.